The van der Waals surface area contributed by atoms with Crippen molar-refractivity contribution in [3.8, 4) is 0 Å². The molecule has 18 heavy (non-hydrogen) atoms. The summed E-state index contributed by atoms with van der Waals surface area (Å²) in [6.07, 6.45) is 1.46. The van der Waals surface area contributed by atoms with Crippen LogP contribution in [-0.4, -0.2) is 24.1 Å². The van der Waals surface area contributed by atoms with Gasteiger partial charge in [-0.1, -0.05) is 11.6 Å². The minimum absolute atomic E-state index is 0.0712. The quantitative estimate of drug-likeness (QED) is 0.927. The van der Waals surface area contributed by atoms with Crippen molar-refractivity contribution < 1.29 is 4.39 Å². The minimum atomic E-state index is -0.445. The third kappa shape index (κ3) is 2.87. The Labute approximate surface area is 109 Å². The number of nitrogens with one attached hydrogen (secondary N) is 1. The van der Waals surface area contributed by atoms with E-state index in [2.05, 4.69) is 15.3 Å². The van der Waals surface area contributed by atoms with Crippen molar-refractivity contribution in [1.82, 2.24) is 9.97 Å². The molecular weight excluding hydrogens is 255 g/mol. The SMILES string of the molecule is CN(C)c1cc(Nc2ccc(F)c(Cl)c2)ncn1. The minimum Gasteiger partial charge on any atom is -0.363 e. The first-order chi connectivity index (χ1) is 8.56. The molecule has 0 spiro atoms. The van der Waals surface area contributed by atoms with Crippen molar-refractivity contribution >= 4 is 28.9 Å². The van der Waals surface area contributed by atoms with Crippen LogP contribution in [-0.2, 0) is 0 Å². The van der Waals surface area contributed by atoms with Gasteiger partial charge in [0.15, 0.2) is 0 Å². The van der Waals surface area contributed by atoms with Gasteiger partial charge in [-0.25, -0.2) is 14.4 Å². The maximum atomic E-state index is 13.0. The van der Waals surface area contributed by atoms with E-state index in [-0.39, 0.29) is 5.02 Å². The number of aromatic nitrogens is 2. The van der Waals surface area contributed by atoms with Crippen LogP contribution in [0.3, 0.4) is 0 Å². The first kappa shape index (κ1) is 12.6. The Kier molecular flexibility index (Phi) is 3.62. The summed E-state index contributed by atoms with van der Waals surface area (Å²) in [5.74, 6) is 0.955. The van der Waals surface area contributed by atoms with Gasteiger partial charge in [-0.15, -0.1) is 0 Å². The van der Waals surface area contributed by atoms with E-state index < -0.39 is 5.82 Å². The molecule has 0 aliphatic heterocycles. The highest BCUT2D eigenvalue weighted by atomic mass is 35.5. The second-order valence-electron chi connectivity index (χ2n) is 3.91. The lowest BCUT2D eigenvalue weighted by molar-refractivity contribution is 0.628. The molecule has 94 valence electrons. The summed E-state index contributed by atoms with van der Waals surface area (Å²) in [6, 6.07) is 6.20. The average molecular weight is 267 g/mol. The standard InChI is InChI=1S/C12H12ClFN4/c1-18(2)12-6-11(15-7-16-12)17-8-3-4-10(14)9(13)5-8/h3-7H,1-2H3,(H,15,16,17). The van der Waals surface area contributed by atoms with Crippen molar-refractivity contribution in [2.45, 2.75) is 0 Å². The third-order valence-electron chi connectivity index (χ3n) is 2.30. The lowest BCUT2D eigenvalue weighted by Crippen LogP contribution is -2.11. The molecule has 6 heteroatoms. The largest absolute Gasteiger partial charge is 0.363 e. The fourth-order valence-electron chi connectivity index (χ4n) is 1.38. The normalized spacial score (nSPS) is 10.2. The van der Waals surface area contributed by atoms with Crippen molar-refractivity contribution in [2.75, 3.05) is 24.3 Å². The molecule has 0 atom stereocenters. The zero-order valence-electron chi connectivity index (χ0n) is 9.98. The van der Waals surface area contributed by atoms with Crippen molar-refractivity contribution in [1.29, 1.82) is 0 Å². The number of benzene rings is 1. The number of nitrogens with zero attached hydrogens (tertiary/aromatic N) is 3. The van der Waals surface area contributed by atoms with Gasteiger partial charge >= 0.3 is 0 Å². The van der Waals surface area contributed by atoms with E-state index >= 15 is 0 Å². The molecule has 2 rings (SSSR count). The number of halogens is 2. The number of hydrogen-bond acceptors (Lipinski definition) is 4. The average Bonchev–Trinajstić information content (AvgIpc) is 2.34. The topological polar surface area (TPSA) is 41.0 Å². The lowest BCUT2D eigenvalue weighted by Gasteiger charge is -2.12. The van der Waals surface area contributed by atoms with Crippen molar-refractivity contribution in [3.05, 3.63) is 41.4 Å². The molecule has 0 saturated carbocycles. The Balaban J connectivity index is 2.23. The van der Waals surface area contributed by atoms with Gasteiger partial charge in [0.25, 0.3) is 0 Å². The fourth-order valence-corrected chi connectivity index (χ4v) is 1.56. The van der Waals surface area contributed by atoms with Crippen LogP contribution in [0.4, 0.5) is 21.7 Å². The lowest BCUT2D eigenvalue weighted by atomic mass is 10.3. The number of anilines is 3. The molecular formula is C12H12ClFN4. The molecule has 2 aromatic rings. The van der Waals surface area contributed by atoms with Crippen LogP contribution in [0.25, 0.3) is 0 Å². The molecule has 0 aliphatic carbocycles. The summed E-state index contributed by atoms with van der Waals surface area (Å²) in [7, 11) is 3.78. The Hall–Kier alpha value is -1.88. The van der Waals surface area contributed by atoms with Crippen molar-refractivity contribution in [3.63, 3.8) is 0 Å². The molecule has 0 bridgehead atoms. The maximum Gasteiger partial charge on any atom is 0.141 e. The monoisotopic (exact) mass is 266 g/mol. The Morgan fingerprint density at radius 1 is 1.22 bits per heavy atom. The summed E-state index contributed by atoms with van der Waals surface area (Å²) in [5, 5.41) is 3.11. The van der Waals surface area contributed by atoms with Gasteiger partial charge in [-0.2, -0.15) is 0 Å². The van der Waals surface area contributed by atoms with E-state index in [1.165, 1.54) is 18.5 Å². The molecule has 1 aromatic carbocycles. The van der Waals surface area contributed by atoms with Gasteiger partial charge in [-0.3, -0.25) is 0 Å². The zero-order chi connectivity index (χ0) is 13.1. The van der Waals surface area contributed by atoms with Gasteiger partial charge in [0.2, 0.25) is 0 Å². The van der Waals surface area contributed by atoms with E-state index in [0.29, 0.717) is 11.5 Å². The van der Waals surface area contributed by atoms with E-state index in [1.54, 1.807) is 12.1 Å². The Bertz CT molecular complexity index is 560. The van der Waals surface area contributed by atoms with Gasteiger partial charge in [0.05, 0.1) is 5.02 Å². The van der Waals surface area contributed by atoms with Crippen LogP contribution in [0.5, 0.6) is 0 Å². The summed E-state index contributed by atoms with van der Waals surface area (Å²) in [5.41, 5.74) is 0.671. The van der Waals surface area contributed by atoms with E-state index in [9.17, 15) is 4.39 Å². The van der Waals surface area contributed by atoms with E-state index in [0.717, 1.165) is 5.82 Å². The Morgan fingerprint density at radius 2 is 2.00 bits per heavy atom. The molecule has 1 N–H and O–H groups in total. The molecule has 1 aromatic heterocycles. The molecule has 0 aliphatic rings. The van der Waals surface area contributed by atoms with Crippen LogP contribution in [0.15, 0.2) is 30.6 Å². The number of hydrogen-bond donors (Lipinski definition) is 1. The summed E-state index contributed by atoms with van der Waals surface area (Å²) in [6.45, 7) is 0. The van der Waals surface area contributed by atoms with Crippen LogP contribution < -0.4 is 10.2 Å². The van der Waals surface area contributed by atoms with Crippen LogP contribution in [0.2, 0.25) is 5.02 Å². The third-order valence-corrected chi connectivity index (χ3v) is 2.59. The zero-order valence-corrected chi connectivity index (χ0v) is 10.7. The maximum absolute atomic E-state index is 13.0. The Morgan fingerprint density at radius 3 is 2.67 bits per heavy atom. The van der Waals surface area contributed by atoms with E-state index in [4.69, 9.17) is 11.6 Å². The van der Waals surface area contributed by atoms with Gasteiger partial charge < -0.3 is 10.2 Å². The molecule has 0 unspecified atom stereocenters. The highest BCUT2D eigenvalue weighted by Crippen LogP contribution is 2.22. The van der Waals surface area contributed by atoms with Gasteiger partial charge in [0, 0.05) is 25.8 Å². The van der Waals surface area contributed by atoms with Crippen LogP contribution in [0.1, 0.15) is 0 Å². The highest BCUT2D eigenvalue weighted by Gasteiger charge is 2.03. The molecule has 0 saturated heterocycles. The van der Waals surface area contributed by atoms with E-state index in [1.807, 2.05) is 19.0 Å². The predicted octanol–water partition coefficient (Wildman–Crippen LogP) is 3.08. The van der Waals surface area contributed by atoms with Gasteiger partial charge in [0.1, 0.15) is 23.8 Å². The molecule has 0 radical (unpaired) electrons. The van der Waals surface area contributed by atoms with Crippen LogP contribution in [0, 0.1) is 5.82 Å². The molecule has 0 fully saturated rings. The van der Waals surface area contributed by atoms with Crippen molar-refractivity contribution in [2.24, 2.45) is 0 Å². The smallest absolute Gasteiger partial charge is 0.141 e. The second-order valence-corrected chi connectivity index (χ2v) is 4.32. The molecule has 0 amide bonds. The summed E-state index contributed by atoms with van der Waals surface area (Å²) in [4.78, 5) is 10.0. The molecule has 1 heterocycles. The predicted molar refractivity (Wildman–Crippen MR) is 71.1 cm³/mol. The number of rotatable bonds is 3. The highest BCUT2D eigenvalue weighted by molar-refractivity contribution is 6.31. The van der Waals surface area contributed by atoms with Crippen LogP contribution >= 0.6 is 11.6 Å². The fraction of sp³-hybridized carbons (Fsp3) is 0.167. The first-order valence-electron chi connectivity index (χ1n) is 5.27. The second kappa shape index (κ2) is 5.18. The molecule has 4 nitrogen and oxygen atoms in total. The summed E-state index contributed by atoms with van der Waals surface area (Å²) >= 11 is 5.71. The first-order valence-corrected chi connectivity index (χ1v) is 5.65. The summed E-state index contributed by atoms with van der Waals surface area (Å²) < 4.78 is 13.0. The van der Waals surface area contributed by atoms with Gasteiger partial charge in [-0.05, 0) is 18.2 Å².